The highest BCUT2D eigenvalue weighted by molar-refractivity contribution is 7.99. The van der Waals surface area contributed by atoms with E-state index in [-0.39, 0.29) is 0 Å². The lowest BCUT2D eigenvalue weighted by atomic mass is 10.2. The Balaban J connectivity index is 4.21. The molecule has 0 fully saturated rings. The minimum Gasteiger partial charge on any atom is -0.157 e. The van der Waals surface area contributed by atoms with Crippen LogP contribution in [-0.2, 0) is 0 Å². The first kappa shape index (κ1) is 12.1. The second-order valence-corrected chi connectivity index (χ2v) is 4.15. The minimum atomic E-state index is 0.936. The Morgan fingerprint density at radius 3 is 2.50 bits per heavy atom. The van der Waals surface area contributed by atoms with Crippen LogP contribution in [0.25, 0.3) is 0 Å². The summed E-state index contributed by atoms with van der Waals surface area (Å²) in [5, 5.41) is 0.994. The summed E-state index contributed by atoms with van der Waals surface area (Å²) in [5.74, 6) is 2.18. The third kappa shape index (κ3) is 4.89. The van der Waals surface area contributed by atoms with Crippen molar-refractivity contribution in [3.63, 3.8) is 0 Å². The summed E-state index contributed by atoms with van der Waals surface area (Å²) in [7, 11) is 0. The van der Waals surface area contributed by atoms with Crippen molar-refractivity contribution < 1.29 is 0 Å². The van der Waals surface area contributed by atoms with Gasteiger partial charge in [-0.2, -0.15) is 11.8 Å². The van der Waals surface area contributed by atoms with Crippen molar-refractivity contribution in [3.05, 3.63) is 22.8 Å². The first-order valence-corrected chi connectivity index (χ1v) is 5.87. The molecule has 0 unspecified atom stereocenters. The summed E-state index contributed by atoms with van der Waals surface area (Å²) in [4.78, 5) is 0. The second-order valence-electron chi connectivity index (χ2n) is 2.42. The molecule has 0 rings (SSSR count). The molecule has 12 heavy (non-hydrogen) atoms. The van der Waals surface area contributed by atoms with E-state index in [1.165, 1.54) is 5.57 Å². The van der Waals surface area contributed by atoms with Crippen LogP contribution in [0, 0.1) is 0 Å². The summed E-state index contributed by atoms with van der Waals surface area (Å²) in [6.07, 6.45) is 5.09. The Kier molecular flexibility index (Phi) is 7.83. The van der Waals surface area contributed by atoms with Crippen molar-refractivity contribution in [1.29, 1.82) is 0 Å². The number of allylic oxidation sites excluding steroid dienone is 3. The largest absolute Gasteiger partial charge is 0.157 e. The Morgan fingerprint density at radius 1 is 1.42 bits per heavy atom. The highest BCUT2D eigenvalue weighted by Gasteiger charge is 1.98. The van der Waals surface area contributed by atoms with Gasteiger partial charge >= 0.3 is 0 Å². The maximum Gasteiger partial charge on any atom is 0.0218 e. The molecule has 0 aliphatic rings. The molecule has 0 nitrogen and oxygen atoms in total. The zero-order chi connectivity index (χ0) is 9.40. The van der Waals surface area contributed by atoms with Crippen LogP contribution in [0.15, 0.2) is 22.8 Å². The fraction of sp³-hybridized carbons (Fsp3) is 0.600. The fourth-order valence-electron chi connectivity index (χ4n) is 0.857. The standard InChI is InChI=1S/C10H17ClS/c1-4-7-9(8-12-6-3)10(11)5-2/h4,7H,5-6,8H2,1-3H3/b7-4-,10-9-. The highest BCUT2D eigenvalue weighted by Crippen LogP contribution is 2.18. The van der Waals surface area contributed by atoms with E-state index in [4.69, 9.17) is 11.6 Å². The quantitative estimate of drug-likeness (QED) is 0.605. The van der Waals surface area contributed by atoms with Crippen LogP contribution in [-0.4, -0.2) is 11.5 Å². The van der Waals surface area contributed by atoms with Gasteiger partial charge in [0.25, 0.3) is 0 Å². The Morgan fingerprint density at radius 2 is 2.08 bits per heavy atom. The van der Waals surface area contributed by atoms with Gasteiger partial charge in [-0.25, -0.2) is 0 Å². The molecule has 0 aliphatic heterocycles. The van der Waals surface area contributed by atoms with E-state index in [9.17, 15) is 0 Å². The molecule has 0 aromatic heterocycles. The summed E-state index contributed by atoms with van der Waals surface area (Å²) < 4.78 is 0. The first-order chi connectivity index (χ1) is 5.76. The maximum atomic E-state index is 6.06. The molecule has 2 heteroatoms. The van der Waals surface area contributed by atoms with Gasteiger partial charge in [-0.1, -0.05) is 37.6 Å². The van der Waals surface area contributed by atoms with Crippen molar-refractivity contribution in [3.8, 4) is 0 Å². The summed E-state index contributed by atoms with van der Waals surface area (Å²) in [6.45, 7) is 6.27. The Labute approximate surface area is 85.1 Å². The monoisotopic (exact) mass is 204 g/mol. The minimum absolute atomic E-state index is 0.936. The van der Waals surface area contributed by atoms with Gasteiger partial charge < -0.3 is 0 Å². The van der Waals surface area contributed by atoms with Crippen LogP contribution in [0.4, 0.5) is 0 Å². The van der Waals surface area contributed by atoms with E-state index in [0.717, 1.165) is 23.0 Å². The summed E-state index contributed by atoms with van der Waals surface area (Å²) >= 11 is 7.97. The van der Waals surface area contributed by atoms with E-state index >= 15 is 0 Å². The SMILES string of the molecule is C/C=C\C(CSCC)=C(\Cl)CC. The molecule has 0 bridgehead atoms. The summed E-state index contributed by atoms with van der Waals surface area (Å²) in [6, 6.07) is 0. The maximum absolute atomic E-state index is 6.06. The lowest BCUT2D eigenvalue weighted by Gasteiger charge is -2.03. The lowest BCUT2D eigenvalue weighted by Crippen LogP contribution is -1.87. The van der Waals surface area contributed by atoms with Gasteiger partial charge in [0, 0.05) is 10.8 Å². The van der Waals surface area contributed by atoms with Gasteiger partial charge in [0.1, 0.15) is 0 Å². The van der Waals surface area contributed by atoms with Gasteiger partial charge in [-0.05, 0) is 24.7 Å². The first-order valence-electron chi connectivity index (χ1n) is 4.34. The average molecular weight is 205 g/mol. The zero-order valence-corrected chi connectivity index (χ0v) is 9.63. The third-order valence-electron chi connectivity index (χ3n) is 1.49. The second kappa shape index (κ2) is 7.75. The van der Waals surface area contributed by atoms with Crippen LogP contribution in [0.1, 0.15) is 27.2 Å². The van der Waals surface area contributed by atoms with E-state index in [1.54, 1.807) is 0 Å². The topological polar surface area (TPSA) is 0 Å². The molecule has 0 spiro atoms. The number of hydrogen-bond acceptors (Lipinski definition) is 1. The number of rotatable bonds is 5. The Hall–Kier alpha value is 0.120. The molecule has 0 heterocycles. The predicted molar refractivity (Wildman–Crippen MR) is 61.0 cm³/mol. The van der Waals surface area contributed by atoms with Gasteiger partial charge in [0.2, 0.25) is 0 Å². The molecule has 0 aromatic rings. The van der Waals surface area contributed by atoms with E-state index in [2.05, 4.69) is 19.9 Å². The molecular formula is C10H17ClS. The molecular weight excluding hydrogens is 188 g/mol. The summed E-state index contributed by atoms with van der Waals surface area (Å²) in [5.41, 5.74) is 1.27. The molecule has 70 valence electrons. The van der Waals surface area contributed by atoms with Crippen LogP contribution in [0.5, 0.6) is 0 Å². The van der Waals surface area contributed by atoms with E-state index in [0.29, 0.717) is 0 Å². The number of halogens is 1. The number of hydrogen-bond donors (Lipinski definition) is 0. The van der Waals surface area contributed by atoms with Crippen LogP contribution < -0.4 is 0 Å². The molecule has 0 N–H and O–H groups in total. The normalized spacial score (nSPS) is 13.7. The van der Waals surface area contributed by atoms with Crippen molar-refractivity contribution in [2.75, 3.05) is 11.5 Å². The van der Waals surface area contributed by atoms with Gasteiger partial charge in [0.05, 0.1) is 0 Å². The lowest BCUT2D eigenvalue weighted by molar-refractivity contribution is 1.17. The van der Waals surface area contributed by atoms with Crippen molar-refractivity contribution in [2.45, 2.75) is 27.2 Å². The molecule has 0 aliphatic carbocycles. The molecule has 0 radical (unpaired) electrons. The average Bonchev–Trinajstić information content (AvgIpc) is 2.11. The molecule has 0 atom stereocenters. The van der Waals surface area contributed by atoms with Crippen LogP contribution in [0.2, 0.25) is 0 Å². The van der Waals surface area contributed by atoms with Gasteiger partial charge in [-0.15, -0.1) is 0 Å². The van der Waals surface area contributed by atoms with Crippen molar-refractivity contribution in [2.24, 2.45) is 0 Å². The highest BCUT2D eigenvalue weighted by atomic mass is 35.5. The van der Waals surface area contributed by atoms with Crippen molar-refractivity contribution >= 4 is 23.4 Å². The van der Waals surface area contributed by atoms with Gasteiger partial charge in [0.15, 0.2) is 0 Å². The van der Waals surface area contributed by atoms with Crippen molar-refractivity contribution in [1.82, 2.24) is 0 Å². The van der Waals surface area contributed by atoms with E-state index < -0.39 is 0 Å². The van der Waals surface area contributed by atoms with Gasteiger partial charge in [-0.3, -0.25) is 0 Å². The zero-order valence-electron chi connectivity index (χ0n) is 8.06. The van der Waals surface area contributed by atoms with Crippen LogP contribution >= 0.6 is 23.4 Å². The molecule has 0 saturated heterocycles. The van der Waals surface area contributed by atoms with Crippen LogP contribution in [0.3, 0.4) is 0 Å². The predicted octanol–water partition coefficient (Wildman–Crippen LogP) is 4.22. The third-order valence-corrected chi connectivity index (χ3v) is 2.92. The molecule has 0 saturated carbocycles. The number of thioether (sulfide) groups is 1. The molecule has 0 amide bonds. The smallest absolute Gasteiger partial charge is 0.0218 e. The fourth-order valence-corrected chi connectivity index (χ4v) is 1.76. The van der Waals surface area contributed by atoms with E-state index in [1.807, 2.05) is 24.8 Å². The Bertz CT molecular complexity index is 171. The molecule has 0 aromatic carbocycles.